The van der Waals surface area contributed by atoms with Crippen molar-refractivity contribution in [2.75, 3.05) is 0 Å². The van der Waals surface area contributed by atoms with E-state index in [0.717, 1.165) is 36.0 Å². The first-order valence-corrected chi connectivity index (χ1v) is 6.68. The van der Waals surface area contributed by atoms with Gasteiger partial charge in [0, 0.05) is 16.5 Å². The van der Waals surface area contributed by atoms with E-state index in [2.05, 4.69) is 11.2 Å². The highest BCUT2D eigenvalue weighted by Gasteiger charge is 2.50. The van der Waals surface area contributed by atoms with E-state index in [1.54, 1.807) is 0 Å². The first-order valence-electron chi connectivity index (χ1n) is 6.68. The maximum absolute atomic E-state index is 11.5. The van der Waals surface area contributed by atoms with Gasteiger partial charge in [-0.25, -0.2) is 0 Å². The van der Waals surface area contributed by atoms with Gasteiger partial charge in [-0.3, -0.25) is 4.79 Å². The Bertz CT molecular complexity index is 729. The third-order valence-electron chi connectivity index (χ3n) is 4.47. The Hall–Kier alpha value is -2.14. The molecule has 0 bridgehead atoms. The van der Waals surface area contributed by atoms with Crippen molar-refractivity contribution in [2.45, 2.75) is 31.3 Å². The van der Waals surface area contributed by atoms with E-state index in [9.17, 15) is 9.90 Å². The summed E-state index contributed by atoms with van der Waals surface area (Å²) in [4.78, 5) is 11.5. The van der Waals surface area contributed by atoms with E-state index in [1.165, 1.54) is 5.56 Å². The van der Waals surface area contributed by atoms with E-state index in [0.29, 0.717) is 5.76 Å². The summed E-state index contributed by atoms with van der Waals surface area (Å²) in [5, 5.41) is 13.1. The summed E-state index contributed by atoms with van der Waals surface area (Å²) in [6.45, 7) is -0.0214. The Kier molecular flexibility index (Phi) is 2.16. The highest BCUT2D eigenvalue weighted by atomic mass is 16.5. The van der Waals surface area contributed by atoms with Gasteiger partial charge in [-0.2, -0.15) is 0 Å². The lowest BCUT2D eigenvalue weighted by Gasteiger charge is -2.24. The second kappa shape index (κ2) is 3.70. The number of fused-ring (bicyclic) bond motifs is 4. The zero-order valence-corrected chi connectivity index (χ0v) is 10.8. The van der Waals surface area contributed by atoms with Gasteiger partial charge in [0.1, 0.15) is 0 Å². The number of hydrogen-bond acceptors (Lipinski definition) is 4. The Morgan fingerprint density at radius 3 is 2.90 bits per heavy atom. The van der Waals surface area contributed by atoms with Crippen molar-refractivity contribution in [3.63, 3.8) is 0 Å². The lowest BCUT2D eigenvalue weighted by molar-refractivity contribution is 0.0991. The lowest BCUT2D eigenvalue weighted by Crippen LogP contribution is -2.21. The molecule has 1 saturated carbocycles. The topological polar surface area (TPSA) is 89.4 Å². The maximum Gasteiger partial charge on any atom is 0.271 e. The molecule has 2 aromatic rings. The number of carbonyl (C=O) groups excluding carboxylic acids is 1. The standard InChI is InChI=1S/C15H14N2O3/c16-14(19)12-10-6-15(3-4-15)11-2-1-8(7-18)5-9(11)13(10)20-17-12/h1-2,5,18H,3-4,6-7H2,(H2,16,19). The summed E-state index contributed by atoms with van der Waals surface area (Å²) in [5.74, 6) is 0.0780. The maximum atomic E-state index is 11.5. The van der Waals surface area contributed by atoms with Gasteiger partial charge in [0.05, 0.1) is 6.61 Å². The number of carbonyl (C=O) groups is 1. The predicted molar refractivity (Wildman–Crippen MR) is 71.0 cm³/mol. The molecule has 20 heavy (non-hydrogen) atoms. The van der Waals surface area contributed by atoms with Crippen LogP contribution in [-0.2, 0) is 18.4 Å². The fourth-order valence-electron chi connectivity index (χ4n) is 3.25. The van der Waals surface area contributed by atoms with Gasteiger partial charge in [-0.05, 0) is 36.5 Å². The van der Waals surface area contributed by atoms with E-state index >= 15 is 0 Å². The molecule has 4 rings (SSSR count). The Morgan fingerprint density at radius 2 is 2.25 bits per heavy atom. The first kappa shape index (κ1) is 11.7. The molecule has 1 fully saturated rings. The molecular formula is C15H14N2O3. The van der Waals surface area contributed by atoms with E-state index < -0.39 is 5.91 Å². The predicted octanol–water partition coefficient (Wildman–Crippen LogP) is 1.52. The van der Waals surface area contributed by atoms with Gasteiger partial charge in [0.25, 0.3) is 5.91 Å². The molecule has 1 aromatic heterocycles. The minimum absolute atomic E-state index is 0.0214. The summed E-state index contributed by atoms with van der Waals surface area (Å²) in [6.07, 6.45) is 2.96. The monoisotopic (exact) mass is 270 g/mol. The number of aliphatic hydroxyl groups is 1. The average Bonchev–Trinajstić information content (AvgIpc) is 3.08. The fourth-order valence-corrected chi connectivity index (χ4v) is 3.25. The van der Waals surface area contributed by atoms with Crippen LogP contribution in [0, 0.1) is 0 Å². The highest BCUT2D eigenvalue weighted by Crippen LogP contribution is 2.57. The summed E-state index contributed by atoms with van der Waals surface area (Å²) in [7, 11) is 0. The summed E-state index contributed by atoms with van der Waals surface area (Å²) in [5.41, 5.74) is 9.52. The van der Waals surface area contributed by atoms with Gasteiger partial charge >= 0.3 is 0 Å². The molecule has 1 spiro atoms. The second-order valence-corrected chi connectivity index (χ2v) is 5.70. The van der Waals surface area contributed by atoms with Gasteiger partial charge in [-0.15, -0.1) is 0 Å². The zero-order valence-electron chi connectivity index (χ0n) is 10.8. The molecule has 0 saturated heterocycles. The van der Waals surface area contributed by atoms with Crippen LogP contribution in [0.3, 0.4) is 0 Å². The Labute approximate surface area is 115 Å². The van der Waals surface area contributed by atoms with Crippen molar-refractivity contribution < 1.29 is 14.4 Å². The van der Waals surface area contributed by atoms with Gasteiger partial charge in [0.2, 0.25) is 0 Å². The normalized spacial score (nSPS) is 17.6. The van der Waals surface area contributed by atoms with Crippen LogP contribution < -0.4 is 5.73 Å². The van der Waals surface area contributed by atoms with Crippen LogP contribution in [0.4, 0.5) is 0 Å². The number of aliphatic hydroxyl groups excluding tert-OH is 1. The van der Waals surface area contributed by atoms with Crippen LogP contribution in [-0.4, -0.2) is 16.2 Å². The number of rotatable bonds is 2. The molecule has 3 N–H and O–H groups in total. The number of nitrogens with zero attached hydrogens (tertiary/aromatic N) is 1. The molecule has 102 valence electrons. The summed E-state index contributed by atoms with van der Waals surface area (Å²) in [6, 6.07) is 5.92. The second-order valence-electron chi connectivity index (χ2n) is 5.70. The van der Waals surface area contributed by atoms with Crippen molar-refractivity contribution in [2.24, 2.45) is 5.73 Å². The third kappa shape index (κ3) is 1.41. The van der Waals surface area contributed by atoms with E-state index in [1.807, 2.05) is 12.1 Å². The highest BCUT2D eigenvalue weighted by molar-refractivity contribution is 5.94. The van der Waals surface area contributed by atoms with Gasteiger partial charge in [-0.1, -0.05) is 17.3 Å². The van der Waals surface area contributed by atoms with Crippen LogP contribution in [0.25, 0.3) is 11.3 Å². The number of aromatic nitrogens is 1. The number of amides is 1. The number of primary amides is 1. The number of nitrogens with two attached hydrogens (primary N) is 1. The first-order chi connectivity index (χ1) is 9.64. The van der Waals surface area contributed by atoms with E-state index in [-0.39, 0.29) is 17.7 Å². The summed E-state index contributed by atoms with van der Waals surface area (Å²) < 4.78 is 5.36. The number of benzene rings is 1. The van der Waals surface area contributed by atoms with Gasteiger partial charge in [0.15, 0.2) is 11.5 Å². The Balaban J connectivity index is 1.98. The van der Waals surface area contributed by atoms with Crippen molar-refractivity contribution >= 4 is 5.91 Å². The van der Waals surface area contributed by atoms with Crippen LogP contribution >= 0.6 is 0 Å². The molecule has 0 radical (unpaired) electrons. The van der Waals surface area contributed by atoms with Crippen LogP contribution in [0.5, 0.6) is 0 Å². The minimum atomic E-state index is -0.549. The molecule has 1 heterocycles. The van der Waals surface area contributed by atoms with Crippen LogP contribution in [0.1, 0.15) is 40.0 Å². The molecule has 0 atom stereocenters. The van der Waals surface area contributed by atoms with Crippen LogP contribution in [0.15, 0.2) is 22.7 Å². The van der Waals surface area contributed by atoms with Crippen molar-refractivity contribution in [1.82, 2.24) is 5.16 Å². The Morgan fingerprint density at radius 1 is 1.45 bits per heavy atom. The number of hydrogen-bond donors (Lipinski definition) is 2. The SMILES string of the molecule is NC(=O)c1noc2c1CC1(CC1)c1ccc(CO)cc1-2. The molecule has 0 unspecified atom stereocenters. The molecular weight excluding hydrogens is 256 g/mol. The van der Waals surface area contributed by atoms with Crippen molar-refractivity contribution in [3.05, 3.63) is 40.6 Å². The average molecular weight is 270 g/mol. The molecule has 5 heteroatoms. The molecule has 0 aliphatic heterocycles. The molecule has 5 nitrogen and oxygen atoms in total. The van der Waals surface area contributed by atoms with E-state index in [4.69, 9.17) is 10.3 Å². The lowest BCUT2D eigenvalue weighted by atomic mass is 9.78. The molecule has 2 aliphatic carbocycles. The van der Waals surface area contributed by atoms with Crippen LogP contribution in [0.2, 0.25) is 0 Å². The molecule has 1 amide bonds. The quantitative estimate of drug-likeness (QED) is 0.865. The fraction of sp³-hybridized carbons (Fsp3) is 0.333. The third-order valence-corrected chi connectivity index (χ3v) is 4.47. The van der Waals surface area contributed by atoms with Crippen molar-refractivity contribution in [3.8, 4) is 11.3 Å². The largest absolute Gasteiger partial charge is 0.392 e. The van der Waals surface area contributed by atoms with Gasteiger partial charge < -0.3 is 15.4 Å². The summed E-state index contributed by atoms with van der Waals surface area (Å²) >= 11 is 0. The smallest absolute Gasteiger partial charge is 0.271 e. The molecule has 2 aliphatic rings. The van der Waals surface area contributed by atoms with Crippen molar-refractivity contribution in [1.29, 1.82) is 0 Å². The molecule has 1 aromatic carbocycles. The zero-order chi connectivity index (χ0) is 13.9. The minimum Gasteiger partial charge on any atom is -0.392 e.